The molecule has 0 saturated carbocycles. The summed E-state index contributed by atoms with van der Waals surface area (Å²) >= 11 is 0. The highest BCUT2D eigenvalue weighted by Crippen LogP contribution is 2.42. The first kappa shape index (κ1) is 19.3. The maximum atomic E-state index is 11.9. The van der Waals surface area contributed by atoms with E-state index in [1.165, 1.54) is 12.3 Å². The fraction of sp³-hybridized carbons (Fsp3) is 0.462. The average Bonchev–Trinajstić information content (AvgIpc) is 2.85. The first-order valence-corrected chi connectivity index (χ1v) is 8.89. The van der Waals surface area contributed by atoms with Crippen LogP contribution in [-0.2, 0) is 18.6 Å². The molecule has 0 radical (unpaired) electrons. The van der Waals surface area contributed by atoms with Crippen molar-refractivity contribution in [3.63, 3.8) is 0 Å². The monoisotopic (exact) mass is 376 g/mol. The number of carboxylic acids is 1. The second-order valence-corrected chi connectivity index (χ2v) is 7.22. The van der Waals surface area contributed by atoms with Gasteiger partial charge in [0.1, 0.15) is 18.5 Å². The molecule has 4 atom stereocenters. The number of H-pyrrole nitrogens is 1. The number of hydrogen-bond acceptors (Lipinski definition) is 7. The average molecular weight is 376 g/mol. The molecular weight excluding hydrogens is 359 g/mol. The summed E-state index contributed by atoms with van der Waals surface area (Å²) < 4.78 is 22.7. The largest absolute Gasteiger partial charge is 0.481 e. The quantitative estimate of drug-likeness (QED) is 0.441. The summed E-state index contributed by atoms with van der Waals surface area (Å²) in [5.74, 6) is -1.51. The number of aromatic amines is 1. The van der Waals surface area contributed by atoms with Gasteiger partial charge in [0.05, 0.1) is 18.3 Å². The number of nitrogens with one attached hydrogen (secondary N) is 1. The lowest BCUT2D eigenvalue weighted by molar-refractivity contribution is -0.134. The Morgan fingerprint density at radius 3 is 2.84 bits per heavy atom. The molecule has 2 heterocycles. The van der Waals surface area contributed by atoms with E-state index < -0.39 is 56.0 Å². The van der Waals surface area contributed by atoms with Gasteiger partial charge in [0.15, 0.2) is 0 Å². The molecule has 0 aliphatic carbocycles. The van der Waals surface area contributed by atoms with Crippen LogP contribution < -0.4 is 11.2 Å². The number of carbonyl (C=O) groups is 1. The van der Waals surface area contributed by atoms with Gasteiger partial charge in [-0.2, -0.15) is 0 Å². The highest BCUT2D eigenvalue weighted by molar-refractivity contribution is 7.53. The lowest BCUT2D eigenvalue weighted by Gasteiger charge is -2.18. The molecule has 0 amide bonds. The van der Waals surface area contributed by atoms with Gasteiger partial charge in [-0.05, 0) is 0 Å². The Bertz CT molecular complexity index is 830. The molecule has 2 rings (SSSR count). The van der Waals surface area contributed by atoms with E-state index >= 15 is 0 Å². The van der Waals surface area contributed by atoms with Crippen molar-refractivity contribution in [3.8, 4) is 0 Å². The van der Waals surface area contributed by atoms with Crippen LogP contribution in [0.4, 0.5) is 0 Å². The second-order valence-electron chi connectivity index (χ2n) is 5.37. The maximum absolute atomic E-state index is 11.9. The van der Waals surface area contributed by atoms with Crippen molar-refractivity contribution in [1.82, 2.24) is 9.55 Å². The minimum Gasteiger partial charge on any atom is -0.481 e. The van der Waals surface area contributed by atoms with Gasteiger partial charge in [-0.15, -0.1) is 0 Å². The standard InChI is InChI=1S/C13H17N2O9P/c1-2-7-4-15(13(20)14-12(7)19)10-3-8(16)9(24-10)5-23-25(21,22)6-11(17)18/h2,4,8-10,16H,1,3,5-6H2,(H,17,18)(H,21,22)(H,14,19,20). The van der Waals surface area contributed by atoms with Crippen LogP contribution in [-0.4, -0.2) is 55.6 Å². The Hall–Kier alpha value is -2.04. The van der Waals surface area contributed by atoms with Crippen LogP contribution >= 0.6 is 7.60 Å². The van der Waals surface area contributed by atoms with Gasteiger partial charge in [0.2, 0.25) is 0 Å². The Balaban J connectivity index is 2.10. The predicted octanol–water partition coefficient (Wildman–Crippen LogP) is -0.885. The zero-order valence-corrected chi connectivity index (χ0v) is 13.8. The van der Waals surface area contributed by atoms with Crippen LogP contribution in [0.3, 0.4) is 0 Å². The molecule has 1 aromatic heterocycles. The number of ether oxygens (including phenoxy) is 1. The van der Waals surface area contributed by atoms with E-state index in [9.17, 15) is 28.9 Å². The van der Waals surface area contributed by atoms with E-state index in [1.807, 2.05) is 0 Å². The Morgan fingerprint density at radius 2 is 2.24 bits per heavy atom. The van der Waals surface area contributed by atoms with Gasteiger partial charge < -0.3 is 24.4 Å². The Kier molecular flexibility index (Phi) is 5.76. The third-order valence-electron chi connectivity index (χ3n) is 3.51. The van der Waals surface area contributed by atoms with Crippen molar-refractivity contribution < 1.29 is 33.7 Å². The molecule has 1 saturated heterocycles. The fourth-order valence-electron chi connectivity index (χ4n) is 2.30. The lowest BCUT2D eigenvalue weighted by Crippen LogP contribution is -2.33. The topological polar surface area (TPSA) is 168 Å². The number of aliphatic hydroxyl groups is 1. The lowest BCUT2D eigenvalue weighted by atomic mass is 10.2. The molecular formula is C13H17N2O9P. The van der Waals surface area contributed by atoms with Crippen LogP contribution in [0.2, 0.25) is 0 Å². The molecule has 1 aliphatic heterocycles. The molecule has 1 aromatic rings. The SMILES string of the molecule is C=Cc1cn(C2CC(O)C(COP(=O)(O)CC(=O)O)O2)c(=O)[nH]c1=O. The number of hydrogen-bond donors (Lipinski definition) is 4. The molecule has 4 unspecified atom stereocenters. The van der Waals surface area contributed by atoms with Crippen molar-refractivity contribution in [2.24, 2.45) is 0 Å². The van der Waals surface area contributed by atoms with Crippen LogP contribution in [0.15, 0.2) is 22.4 Å². The van der Waals surface area contributed by atoms with E-state index in [0.29, 0.717) is 0 Å². The van der Waals surface area contributed by atoms with Crippen LogP contribution in [0, 0.1) is 0 Å². The third kappa shape index (κ3) is 4.74. The number of aromatic nitrogens is 2. The normalized spacial score (nSPS) is 25.4. The zero-order valence-electron chi connectivity index (χ0n) is 12.9. The number of aliphatic hydroxyl groups excluding tert-OH is 1. The molecule has 0 aromatic carbocycles. The highest BCUT2D eigenvalue weighted by Gasteiger charge is 2.37. The van der Waals surface area contributed by atoms with Gasteiger partial charge in [-0.3, -0.25) is 23.7 Å². The summed E-state index contributed by atoms with van der Waals surface area (Å²) in [6.45, 7) is 2.91. The predicted molar refractivity (Wildman–Crippen MR) is 84.2 cm³/mol. The summed E-state index contributed by atoms with van der Waals surface area (Å²) in [6, 6.07) is 0. The summed E-state index contributed by atoms with van der Waals surface area (Å²) in [5, 5.41) is 18.5. The van der Waals surface area contributed by atoms with Crippen molar-refractivity contribution in [2.75, 3.05) is 12.8 Å². The van der Waals surface area contributed by atoms with Gasteiger partial charge >= 0.3 is 19.3 Å². The van der Waals surface area contributed by atoms with Gasteiger partial charge in [0, 0.05) is 12.6 Å². The minimum atomic E-state index is -4.37. The third-order valence-corrected chi connectivity index (χ3v) is 4.73. The van der Waals surface area contributed by atoms with Gasteiger partial charge in [0.25, 0.3) is 5.56 Å². The van der Waals surface area contributed by atoms with E-state index in [1.54, 1.807) is 0 Å². The fourth-order valence-corrected chi connectivity index (χ4v) is 3.12. The summed E-state index contributed by atoms with van der Waals surface area (Å²) in [7, 11) is -4.37. The minimum absolute atomic E-state index is 0.0365. The molecule has 12 heteroatoms. The molecule has 138 valence electrons. The highest BCUT2D eigenvalue weighted by atomic mass is 31.2. The number of nitrogens with zero attached hydrogens (tertiary/aromatic N) is 1. The molecule has 11 nitrogen and oxygen atoms in total. The number of rotatable bonds is 7. The van der Waals surface area contributed by atoms with E-state index in [-0.39, 0.29) is 12.0 Å². The van der Waals surface area contributed by atoms with E-state index in [4.69, 9.17) is 9.84 Å². The smallest absolute Gasteiger partial charge is 0.339 e. The van der Waals surface area contributed by atoms with Crippen molar-refractivity contribution >= 4 is 19.6 Å². The summed E-state index contributed by atoms with van der Waals surface area (Å²) in [4.78, 5) is 45.3. The van der Waals surface area contributed by atoms with Crippen LogP contribution in [0.25, 0.3) is 6.08 Å². The number of aliphatic carboxylic acids is 1. The summed E-state index contributed by atoms with van der Waals surface area (Å²) in [6.07, 6.45) is -1.77. The zero-order chi connectivity index (χ0) is 18.8. The van der Waals surface area contributed by atoms with Gasteiger partial charge in [-0.25, -0.2) is 4.79 Å². The van der Waals surface area contributed by atoms with E-state index in [2.05, 4.69) is 16.1 Å². The van der Waals surface area contributed by atoms with Crippen LogP contribution in [0.1, 0.15) is 18.2 Å². The molecule has 0 bridgehead atoms. The van der Waals surface area contributed by atoms with Crippen LogP contribution in [0.5, 0.6) is 0 Å². The first-order valence-electron chi connectivity index (χ1n) is 7.12. The van der Waals surface area contributed by atoms with Crippen molar-refractivity contribution in [3.05, 3.63) is 39.2 Å². The summed E-state index contributed by atoms with van der Waals surface area (Å²) in [5.41, 5.74) is -1.25. The Labute approximate surface area is 140 Å². The Morgan fingerprint density at radius 1 is 1.56 bits per heavy atom. The second kappa shape index (κ2) is 7.46. The molecule has 1 fully saturated rings. The maximum Gasteiger partial charge on any atom is 0.339 e. The number of carboxylic acid groups (broad SMARTS) is 1. The van der Waals surface area contributed by atoms with Gasteiger partial charge in [-0.1, -0.05) is 12.7 Å². The molecule has 1 aliphatic rings. The molecule has 0 spiro atoms. The molecule has 25 heavy (non-hydrogen) atoms. The molecule has 4 N–H and O–H groups in total. The van der Waals surface area contributed by atoms with Crippen molar-refractivity contribution in [1.29, 1.82) is 0 Å². The first-order chi connectivity index (χ1) is 11.6. The van der Waals surface area contributed by atoms with E-state index in [0.717, 1.165) is 4.57 Å². The van der Waals surface area contributed by atoms with Crippen molar-refractivity contribution in [2.45, 2.75) is 24.9 Å².